The third-order valence-corrected chi connectivity index (χ3v) is 1.66. The Hall–Kier alpha value is -0.740. The quantitative estimate of drug-likeness (QED) is 0.731. The number of pyridine rings is 1. The van der Waals surface area contributed by atoms with Crippen LogP contribution in [0.3, 0.4) is 0 Å². The highest BCUT2D eigenvalue weighted by atomic mass is 35.5. The van der Waals surface area contributed by atoms with E-state index >= 15 is 0 Å². The number of alkyl halides is 2. The molecule has 1 aromatic heterocycles. The molecule has 1 aromatic rings. The summed E-state index contributed by atoms with van der Waals surface area (Å²) in [4.78, 5) is 3.50. The molecule has 2 nitrogen and oxygen atoms in total. The zero-order valence-corrected chi connectivity index (χ0v) is 6.72. The van der Waals surface area contributed by atoms with E-state index in [0.29, 0.717) is 5.56 Å². The Morgan fingerprint density at radius 3 is 2.75 bits per heavy atom. The summed E-state index contributed by atoms with van der Waals surface area (Å²) in [6.45, 7) is -0.316. The molecule has 0 fully saturated rings. The van der Waals surface area contributed by atoms with E-state index in [2.05, 4.69) is 4.98 Å². The molecule has 66 valence electrons. The van der Waals surface area contributed by atoms with Crippen molar-refractivity contribution < 1.29 is 13.9 Å². The molecule has 0 aromatic carbocycles. The van der Waals surface area contributed by atoms with Crippen molar-refractivity contribution in [3.63, 3.8) is 0 Å². The molecule has 12 heavy (non-hydrogen) atoms. The van der Waals surface area contributed by atoms with Crippen molar-refractivity contribution in [1.82, 2.24) is 4.98 Å². The number of aromatic nitrogens is 1. The Bertz CT molecular complexity index is 280. The maximum Gasteiger partial charge on any atom is 0.266 e. The van der Waals surface area contributed by atoms with Gasteiger partial charge < -0.3 is 5.11 Å². The lowest BCUT2D eigenvalue weighted by atomic mass is 10.2. The molecule has 0 amide bonds. The monoisotopic (exact) mass is 193 g/mol. The van der Waals surface area contributed by atoms with E-state index in [9.17, 15) is 8.78 Å². The van der Waals surface area contributed by atoms with E-state index in [1.54, 1.807) is 0 Å². The van der Waals surface area contributed by atoms with Crippen LogP contribution in [-0.4, -0.2) is 10.1 Å². The van der Waals surface area contributed by atoms with Crippen molar-refractivity contribution in [2.24, 2.45) is 0 Å². The molecule has 0 spiro atoms. The van der Waals surface area contributed by atoms with Crippen molar-refractivity contribution in [3.05, 3.63) is 28.5 Å². The molecule has 0 aliphatic rings. The van der Waals surface area contributed by atoms with Gasteiger partial charge >= 0.3 is 0 Å². The number of rotatable bonds is 2. The second-order valence-corrected chi connectivity index (χ2v) is 2.54. The van der Waals surface area contributed by atoms with Crippen LogP contribution >= 0.6 is 11.6 Å². The molecule has 0 bridgehead atoms. The fourth-order valence-corrected chi connectivity index (χ4v) is 0.936. The molecule has 0 saturated heterocycles. The molecule has 0 radical (unpaired) electrons. The zero-order chi connectivity index (χ0) is 9.14. The molecule has 0 aliphatic heterocycles. The summed E-state index contributed by atoms with van der Waals surface area (Å²) in [7, 11) is 0. The molecule has 5 heteroatoms. The summed E-state index contributed by atoms with van der Waals surface area (Å²) in [6, 6.07) is 1.14. The average molecular weight is 194 g/mol. The second-order valence-electron chi connectivity index (χ2n) is 2.18. The van der Waals surface area contributed by atoms with Gasteiger partial charge in [0, 0.05) is 6.20 Å². The SMILES string of the molecule is OCc1cnc(Cl)c(C(F)F)c1. The van der Waals surface area contributed by atoms with E-state index in [1.807, 2.05) is 0 Å². The Kier molecular flexibility index (Phi) is 2.94. The highest BCUT2D eigenvalue weighted by Crippen LogP contribution is 2.25. The normalized spacial score (nSPS) is 10.8. The Morgan fingerprint density at radius 2 is 2.25 bits per heavy atom. The predicted octanol–water partition coefficient (Wildman–Crippen LogP) is 2.16. The van der Waals surface area contributed by atoms with Gasteiger partial charge in [-0.3, -0.25) is 0 Å². The second kappa shape index (κ2) is 3.78. The molecule has 1 heterocycles. The van der Waals surface area contributed by atoms with E-state index in [0.717, 1.165) is 6.07 Å². The van der Waals surface area contributed by atoms with Crippen molar-refractivity contribution in [1.29, 1.82) is 0 Å². The van der Waals surface area contributed by atoms with Gasteiger partial charge in [-0.15, -0.1) is 0 Å². The smallest absolute Gasteiger partial charge is 0.266 e. The zero-order valence-electron chi connectivity index (χ0n) is 5.97. The fraction of sp³-hybridized carbons (Fsp3) is 0.286. The summed E-state index contributed by atoms with van der Waals surface area (Å²) in [5.41, 5.74) is -0.0158. The first-order valence-electron chi connectivity index (χ1n) is 3.18. The summed E-state index contributed by atoms with van der Waals surface area (Å²) >= 11 is 5.38. The number of aliphatic hydroxyl groups is 1. The van der Waals surface area contributed by atoms with Crippen LogP contribution in [0.1, 0.15) is 17.6 Å². The van der Waals surface area contributed by atoms with E-state index in [4.69, 9.17) is 16.7 Å². The van der Waals surface area contributed by atoms with Gasteiger partial charge in [0.25, 0.3) is 6.43 Å². The molecule has 0 atom stereocenters. The lowest BCUT2D eigenvalue weighted by Gasteiger charge is -2.03. The first-order valence-corrected chi connectivity index (χ1v) is 3.56. The third kappa shape index (κ3) is 1.89. The van der Waals surface area contributed by atoms with Crippen LogP contribution in [0.25, 0.3) is 0 Å². The highest BCUT2D eigenvalue weighted by molar-refractivity contribution is 6.30. The van der Waals surface area contributed by atoms with Gasteiger partial charge in [-0.25, -0.2) is 13.8 Å². The molecule has 1 N–H and O–H groups in total. The molecule has 0 saturated carbocycles. The van der Waals surface area contributed by atoms with Crippen LogP contribution in [0.2, 0.25) is 5.15 Å². The van der Waals surface area contributed by atoms with Gasteiger partial charge in [0.05, 0.1) is 12.2 Å². The lowest BCUT2D eigenvalue weighted by Crippen LogP contribution is -1.93. The minimum atomic E-state index is -2.66. The minimum Gasteiger partial charge on any atom is -0.392 e. The van der Waals surface area contributed by atoms with Crippen LogP contribution in [0.4, 0.5) is 8.78 Å². The Labute approximate surface area is 72.8 Å². The van der Waals surface area contributed by atoms with Gasteiger partial charge in [0.2, 0.25) is 0 Å². The fourth-order valence-electron chi connectivity index (χ4n) is 0.750. The van der Waals surface area contributed by atoms with E-state index in [-0.39, 0.29) is 17.3 Å². The molecule has 0 unspecified atom stereocenters. The number of aliphatic hydroxyl groups excluding tert-OH is 1. The van der Waals surface area contributed by atoms with Crippen LogP contribution in [-0.2, 0) is 6.61 Å². The molecule has 1 rings (SSSR count). The number of nitrogens with zero attached hydrogens (tertiary/aromatic N) is 1. The van der Waals surface area contributed by atoms with Crippen molar-refractivity contribution >= 4 is 11.6 Å². The largest absolute Gasteiger partial charge is 0.392 e. The van der Waals surface area contributed by atoms with Crippen LogP contribution in [0.5, 0.6) is 0 Å². The molecule has 0 aliphatic carbocycles. The molecular weight excluding hydrogens is 188 g/mol. The van der Waals surface area contributed by atoms with Crippen LogP contribution < -0.4 is 0 Å². The van der Waals surface area contributed by atoms with Gasteiger partial charge in [-0.05, 0) is 11.6 Å². The first kappa shape index (κ1) is 9.35. The van der Waals surface area contributed by atoms with E-state index in [1.165, 1.54) is 6.20 Å². The van der Waals surface area contributed by atoms with Crippen molar-refractivity contribution in [3.8, 4) is 0 Å². The standard InChI is InChI=1S/C7H6ClF2NO/c8-6-5(7(9)10)1-4(3-12)2-11-6/h1-2,7,12H,3H2. The Balaban J connectivity index is 3.08. The van der Waals surface area contributed by atoms with Crippen molar-refractivity contribution in [2.45, 2.75) is 13.0 Å². The van der Waals surface area contributed by atoms with Gasteiger partial charge in [-0.2, -0.15) is 0 Å². The summed E-state index contributed by atoms with van der Waals surface area (Å²) in [6.07, 6.45) is -1.40. The maximum absolute atomic E-state index is 12.1. The van der Waals surface area contributed by atoms with E-state index < -0.39 is 6.43 Å². The Morgan fingerprint density at radius 1 is 1.58 bits per heavy atom. The third-order valence-electron chi connectivity index (χ3n) is 1.34. The number of halogens is 3. The minimum absolute atomic E-state index is 0.220. The predicted molar refractivity (Wildman–Crippen MR) is 40.1 cm³/mol. The average Bonchev–Trinajstić information content (AvgIpc) is 2.05. The summed E-state index contributed by atoms with van der Waals surface area (Å²) in [5, 5.41) is 8.39. The number of hydrogen-bond acceptors (Lipinski definition) is 2. The van der Waals surface area contributed by atoms with Gasteiger partial charge in [-0.1, -0.05) is 11.6 Å². The molecular formula is C7H6ClF2NO. The highest BCUT2D eigenvalue weighted by Gasteiger charge is 2.13. The van der Waals surface area contributed by atoms with Gasteiger partial charge in [0.15, 0.2) is 0 Å². The summed E-state index contributed by atoms with van der Waals surface area (Å²) in [5.74, 6) is 0. The lowest BCUT2D eigenvalue weighted by molar-refractivity contribution is 0.150. The van der Waals surface area contributed by atoms with Crippen molar-refractivity contribution in [2.75, 3.05) is 0 Å². The summed E-state index contributed by atoms with van der Waals surface area (Å²) < 4.78 is 24.3. The van der Waals surface area contributed by atoms with Crippen LogP contribution in [0.15, 0.2) is 12.3 Å². The van der Waals surface area contributed by atoms with Gasteiger partial charge in [0.1, 0.15) is 5.15 Å². The van der Waals surface area contributed by atoms with Crippen LogP contribution in [0, 0.1) is 0 Å². The maximum atomic E-state index is 12.1. The first-order chi connectivity index (χ1) is 5.65. The number of hydrogen-bond donors (Lipinski definition) is 1. The topological polar surface area (TPSA) is 33.1 Å².